The fourth-order valence-electron chi connectivity index (χ4n) is 2.42. The number of methoxy groups -OCH3 is 1. The zero-order chi connectivity index (χ0) is 19.9. The molecule has 0 radical (unpaired) electrons. The molecule has 3 aromatic rings. The van der Waals surface area contributed by atoms with Crippen LogP contribution in [0.4, 0.5) is 4.39 Å². The molecule has 2 N–H and O–H groups in total. The Labute approximate surface area is 165 Å². The standard InChI is InChI=1S/C21H17FN2O3S/c1-27-17-5-3-2-4-14(17)8-13-20(25)23-24-21(26)19-12-11-18(28-19)15-6-9-16(22)10-7-15/h2-13H,1H3,(H,23,25)(H,24,26)/b13-8+. The predicted octanol–water partition coefficient (Wildman–Crippen LogP) is 4.04. The highest BCUT2D eigenvalue weighted by atomic mass is 32.1. The van der Waals surface area contributed by atoms with Gasteiger partial charge in [-0.25, -0.2) is 4.39 Å². The van der Waals surface area contributed by atoms with Gasteiger partial charge in [-0.05, 0) is 42.0 Å². The van der Waals surface area contributed by atoms with Crippen molar-refractivity contribution in [2.24, 2.45) is 0 Å². The third-order valence-electron chi connectivity index (χ3n) is 3.81. The zero-order valence-electron chi connectivity index (χ0n) is 14.9. The van der Waals surface area contributed by atoms with Crippen LogP contribution in [0.2, 0.25) is 0 Å². The summed E-state index contributed by atoms with van der Waals surface area (Å²) in [6.07, 6.45) is 2.90. The molecule has 142 valence electrons. The lowest BCUT2D eigenvalue weighted by molar-refractivity contribution is -0.117. The third kappa shape index (κ3) is 4.83. The molecule has 2 aromatic carbocycles. The fraction of sp³-hybridized carbons (Fsp3) is 0.0476. The number of hydrogen-bond donors (Lipinski definition) is 2. The van der Waals surface area contributed by atoms with Gasteiger partial charge >= 0.3 is 0 Å². The second kappa shape index (κ2) is 8.96. The van der Waals surface area contributed by atoms with Gasteiger partial charge in [0, 0.05) is 16.5 Å². The van der Waals surface area contributed by atoms with Crippen LogP contribution in [0.5, 0.6) is 5.75 Å². The molecule has 0 aliphatic rings. The molecule has 0 unspecified atom stereocenters. The first-order valence-corrected chi connectivity index (χ1v) is 9.15. The molecular weight excluding hydrogens is 379 g/mol. The van der Waals surface area contributed by atoms with Crippen LogP contribution < -0.4 is 15.6 Å². The van der Waals surface area contributed by atoms with E-state index in [0.717, 1.165) is 16.0 Å². The number of ether oxygens (including phenoxy) is 1. The van der Waals surface area contributed by atoms with E-state index in [-0.39, 0.29) is 5.82 Å². The molecule has 0 bridgehead atoms. The zero-order valence-corrected chi connectivity index (χ0v) is 15.8. The summed E-state index contributed by atoms with van der Waals surface area (Å²) in [6, 6.07) is 16.7. The first kappa shape index (κ1) is 19.3. The van der Waals surface area contributed by atoms with Gasteiger partial charge in [0.2, 0.25) is 0 Å². The second-order valence-electron chi connectivity index (χ2n) is 5.69. The van der Waals surface area contributed by atoms with Crippen molar-refractivity contribution in [3.63, 3.8) is 0 Å². The van der Waals surface area contributed by atoms with Crippen LogP contribution >= 0.6 is 11.3 Å². The van der Waals surface area contributed by atoms with Crippen LogP contribution in [0.15, 0.2) is 66.7 Å². The molecule has 1 heterocycles. The van der Waals surface area contributed by atoms with Crippen molar-refractivity contribution >= 4 is 29.2 Å². The first-order chi connectivity index (χ1) is 13.6. The van der Waals surface area contributed by atoms with Crippen molar-refractivity contribution in [1.82, 2.24) is 10.9 Å². The molecular formula is C21H17FN2O3S. The van der Waals surface area contributed by atoms with Crippen LogP contribution in [0.3, 0.4) is 0 Å². The molecule has 0 aliphatic carbocycles. The number of para-hydroxylation sites is 1. The maximum absolute atomic E-state index is 13.0. The average Bonchev–Trinajstić information content (AvgIpc) is 3.21. The summed E-state index contributed by atoms with van der Waals surface area (Å²) in [5.74, 6) is -0.586. The summed E-state index contributed by atoms with van der Waals surface area (Å²) >= 11 is 1.25. The Balaban J connectivity index is 1.57. The van der Waals surface area contributed by atoms with Crippen LogP contribution in [0.1, 0.15) is 15.2 Å². The van der Waals surface area contributed by atoms with Crippen molar-refractivity contribution in [3.05, 3.63) is 83.0 Å². The van der Waals surface area contributed by atoms with E-state index < -0.39 is 11.8 Å². The van der Waals surface area contributed by atoms with Crippen LogP contribution in [0.25, 0.3) is 16.5 Å². The lowest BCUT2D eigenvalue weighted by atomic mass is 10.2. The Kier molecular flexibility index (Phi) is 6.18. The number of nitrogens with one attached hydrogen (secondary N) is 2. The minimum atomic E-state index is -0.477. The molecule has 0 saturated heterocycles. The van der Waals surface area contributed by atoms with E-state index in [1.54, 1.807) is 43.5 Å². The van der Waals surface area contributed by atoms with Gasteiger partial charge < -0.3 is 4.74 Å². The summed E-state index contributed by atoms with van der Waals surface area (Å²) < 4.78 is 18.2. The van der Waals surface area contributed by atoms with Gasteiger partial charge in [-0.3, -0.25) is 20.4 Å². The Hall–Kier alpha value is -3.45. The summed E-state index contributed by atoms with van der Waals surface area (Å²) in [7, 11) is 1.55. The van der Waals surface area contributed by atoms with E-state index in [2.05, 4.69) is 10.9 Å². The normalized spacial score (nSPS) is 10.6. The largest absolute Gasteiger partial charge is 0.496 e. The van der Waals surface area contributed by atoms with Crippen molar-refractivity contribution in [1.29, 1.82) is 0 Å². The summed E-state index contributed by atoms with van der Waals surface area (Å²) in [5.41, 5.74) is 6.26. The quantitative estimate of drug-likeness (QED) is 0.505. The minimum Gasteiger partial charge on any atom is -0.496 e. The monoisotopic (exact) mass is 396 g/mol. The number of amides is 2. The fourth-order valence-corrected chi connectivity index (χ4v) is 3.33. The summed E-state index contributed by atoms with van der Waals surface area (Å²) in [6.45, 7) is 0. The number of carbonyl (C=O) groups excluding carboxylic acids is 2. The third-order valence-corrected chi connectivity index (χ3v) is 4.94. The second-order valence-corrected chi connectivity index (χ2v) is 6.77. The van der Waals surface area contributed by atoms with Crippen molar-refractivity contribution in [3.8, 4) is 16.2 Å². The Morgan fingerprint density at radius 3 is 2.50 bits per heavy atom. The molecule has 7 heteroatoms. The lowest BCUT2D eigenvalue weighted by Crippen LogP contribution is -2.40. The molecule has 5 nitrogen and oxygen atoms in total. The smallest absolute Gasteiger partial charge is 0.279 e. The topological polar surface area (TPSA) is 67.4 Å². The number of halogens is 1. The molecule has 3 rings (SSSR count). The predicted molar refractivity (Wildman–Crippen MR) is 107 cm³/mol. The molecule has 28 heavy (non-hydrogen) atoms. The number of hydrogen-bond acceptors (Lipinski definition) is 4. The number of carbonyl (C=O) groups is 2. The van der Waals surface area contributed by atoms with Gasteiger partial charge in [0.05, 0.1) is 12.0 Å². The first-order valence-electron chi connectivity index (χ1n) is 8.34. The van der Waals surface area contributed by atoms with Crippen molar-refractivity contribution in [2.75, 3.05) is 7.11 Å². The van der Waals surface area contributed by atoms with Gasteiger partial charge in [0.25, 0.3) is 11.8 Å². The number of rotatable bonds is 5. The molecule has 0 fully saturated rings. The maximum atomic E-state index is 13.0. The molecule has 0 aliphatic heterocycles. The van der Waals surface area contributed by atoms with Gasteiger partial charge in [-0.1, -0.05) is 30.3 Å². The van der Waals surface area contributed by atoms with Crippen LogP contribution in [0, 0.1) is 5.82 Å². The van der Waals surface area contributed by atoms with E-state index in [1.807, 2.05) is 18.2 Å². The molecule has 2 amide bonds. The molecule has 1 aromatic heterocycles. The molecule has 0 atom stereocenters. The van der Waals surface area contributed by atoms with Crippen LogP contribution in [-0.2, 0) is 4.79 Å². The van der Waals surface area contributed by atoms with E-state index in [9.17, 15) is 14.0 Å². The highest BCUT2D eigenvalue weighted by Crippen LogP contribution is 2.28. The SMILES string of the molecule is COc1ccccc1/C=C/C(=O)NNC(=O)c1ccc(-c2ccc(F)cc2)s1. The van der Waals surface area contributed by atoms with Gasteiger partial charge in [0.15, 0.2) is 0 Å². The Morgan fingerprint density at radius 2 is 1.75 bits per heavy atom. The summed E-state index contributed by atoms with van der Waals surface area (Å²) in [5, 5.41) is 0. The minimum absolute atomic E-state index is 0.317. The van der Waals surface area contributed by atoms with Crippen LogP contribution in [-0.4, -0.2) is 18.9 Å². The number of hydrazine groups is 1. The Morgan fingerprint density at radius 1 is 1.00 bits per heavy atom. The average molecular weight is 396 g/mol. The van der Waals surface area contributed by atoms with E-state index in [4.69, 9.17) is 4.74 Å². The van der Waals surface area contributed by atoms with Gasteiger partial charge in [-0.2, -0.15) is 0 Å². The van der Waals surface area contributed by atoms with E-state index in [1.165, 1.54) is 29.5 Å². The maximum Gasteiger partial charge on any atom is 0.279 e. The molecule has 0 spiro atoms. The molecule has 0 saturated carbocycles. The van der Waals surface area contributed by atoms with Gasteiger partial charge in [-0.15, -0.1) is 11.3 Å². The van der Waals surface area contributed by atoms with Crippen molar-refractivity contribution in [2.45, 2.75) is 0 Å². The number of thiophene rings is 1. The van der Waals surface area contributed by atoms with Crippen molar-refractivity contribution < 1.29 is 18.7 Å². The highest BCUT2D eigenvalue weighted by Gasteiger charge is 2.11. The van der Waals surface area contributed by atoms with Gasteiger partial charge in [0.1, 0.15) is 11.6 Å². The highest BCUT2D eigenvalue weighted by molar-refractivity contribution is 7.17. The lowest BCUT2D eigenvalue weighted by Gasteiger charge is -2.05. The summed E-state index contributed by atoms with van der Waals surface area (Å²) in [4.78, 5) is 25.4. The Bertz CT molecular complexity index is 1010. The van der Waals surface area contributed by atoms with E-state index in [0.29, 0.717) is 10.6 Å². The number of benzene rings is 2. The van der Waals surface area contributed by atoms with E-state index >= 15 is 0 Å².